The standard InChI is InChI=1S/C15H25N3O2/c1-10-5-4-6-15(20,8-10)9-16-14(19)7-13-11(2)17-18-12(13)3/h10,20H,4-9H2,1-3H3,(H,16,19)(H,17,18). The Balaban J connectivity index is 1.86. The molecule has 1 heterocycles. The Morgan fingerprint density at radius 3 is 2.90 bits per heavy atom. The number of nitrogens with zero attached hydrogens (tertiary/aromatic N) is 1. The third kappa shape index (κ3) is 3.60. The molecule has 0 saturated heterocycles. The van der Waals surface area contributed by atoms with Crippen molar-refractivity contribution in [2.24, 2.45) is 5.92 Å². The fraction of sp³-hybridized carbons (Fsp3) is 0.733. The number of carbonyl (C=O) groups excluding carboxylic acids is 1. The van der Waals surface area contributed by atoms with E-state index >= 15 is 0 Å². The zero-order valence-electron chi connectivity index (χ0n) is 12.6. The lowest BCUT2D eigenvalue weighted by Crippen LogP contribution is -2.46. The van der Waals surface area contributed by atoms with Crippen LogP contribution < -0.4 is 5.32 Å². The van der Waals surface area contributed by atoms with Crippen molar-refractivity contribution in [2.75, 3.05) is 6.54 Å². The molecule has 2 atom stereocenters. The Morgan fingerprint density at radius 1 is 1.55 bits per heavy atom. The summed E-state index contributed by atoms with van der Waals surface area (Å²) in [4.78, 5) is 12.0. The lowest BCUT2D eigenvalue weighted by molar-refractivity contribution is -0.122. The van der Waals surface area contributed by atoms with E-state index in [9.17, 15) is 9.90 Å². The molecule has 1 aliphatic carbocycles. The molecule has 1 amide bonds. The number of aryl methyl sites for hydroxylation is 2. The molecule has 0 spiro atoms. The second-order valence-corrected chi connectivity index (χ2v) is 6.29. The van der Waals surface area contributed by atoms with E-state index < -0.39 is 5.60 Å². The largest absolute Gasteiger partial charge is 0.388 e. The lowest BCUT2D eigenvalue weighted by Gasteiger charge is -2.35. The van der Waals surface area contributed by atoms with Crippen molar-refractivity contribution in [3.05, 3.63) is 17.0 Å². The fourth-order valence-electron chi connectivity index (χ4n) is 3.11. The fourth-order valence-corrected chi connectivity index (χ4v) is 3.11. The van der Waals surface area contributed by atoms with Crippen LogP contribution in [0.25, 0.3) is 0 Å². The highest BCUT2D eigenvalue weighted by atomic mass is 16.3. The Labute approximate surface area is 120 Å². The van der Waals surface area contributed by atoms with Crippen molar-refractivity contribution in [3.63, 3.8) is 0 Å². The maximum atomic E-state index is 12.0. The summed E-state index contributed by atoms with van der Waals surface area (Å²) in [6, 6.07) is 0. The summed E-state index contributed by atoms with van der Waals surface area (Å²) >= 11 is 0. The van der Waals surface area contributed by atoms with Crippen LogP contribution in [0.4, 0.5) is 0 Å². The number of nitrogens with one attached hydrogen (secondary N) is 2. The highest BCUT2D eigenvalue weighted by molar-refractivity contribution is 5.79. The van der Waals surface area contributed by atoms with Gasteiger partial charge in [-0.05, 0) is 32.6 Å². The van der Waals surface area contributed by atoms with E-state index in [2.05, 4.69) is 22.4 Å². The molecule has 1 aromatic heterocycles. The average Bonchev–Trinajstić information content (AvgIpc) is 2.68. The molecule has 1 aliphatic rings. The monoisotopic (exact) mass is 279 g/mol. The number of hydrogen-bond donors (Lipinski definition) is 3. The summed E-state index contributed by atoms with van der Waals surface area (Å²) < 4.78 is 0. The Hall–Kier alpha value is -1.36. The van der Waals surface area contributed by atoms with E-state index in [-0.39, 0.29) is 5.91 Å². The highest BCUT2D eigenvalue weighted by Crippen LogP contribution is 2.31. The minimum Gasteiger partial charge on any atom is -0.388 e. The molecule has 5 heteroatoms. The molecule has 112 valence electrons. The van der Waals surface area contributed by atoms with Gasteiger partial charge in [0.05, 0.1) is 17.7 Å². The van der Waals surface area contributed by atoms with Crippen LogP contribution in [0, 0.1) is 19.8 Å². The summed E-state index contributed by atoms with van der Waals surface area (Å²) in [5.74, 6) is 0.480. The van der Waals surface area contributed by atoms with Crippen LogP contribution in [0.3, 0.4) is 0 Å². The Morgan fingerprint density at radius 2 is 2.30 bits per heavy atom. The molecule has 2 unspecified atom stereocenters. The van der Waals surface area contributed by atoms with Crippen molar-refractivity contribution < 1.29 is 9.90 Å². The average molecular weight is 279 g/mol. The van der Waals surface area contributed by atoms with E-state index in [0.29, 0.717) is 18.9 Å². The van der Waals surface area contributed by atoms with Crippen LogP contribution in [0.2, 0.25) is 0 Å². The first-order chi connectivity index (χ1) is 9.39. The molecule has 20 heavy (non-hydrogen) atoms. The maximum absolute atomic E-state index is 12.0. The SMILES string of the molecule is Cc1n[nH]c(C)c1CC(=O)NCC1(O)CCCC(C)C1. The van der Waals surface area contributed by atoms with Crippen molar-refractivity contribution in [1.29, 1.82) is 0 Å². The lowest BCUT2D eigenvalue weighted by atomic mass is 9.79. The number of aliphatic hydroxyl groups is 1. The van der Waals surface area contributed by atoms with Gasteiger partial charge >= 0.3 is 0 Å². The number of amides is 1. The Bertz CT molecular complexity index is 464. The molecule has 3 N–H and O–H groups in total. The zero-order valence-corrected chi connectivity index (χ0v) is 12.6. The highest BCUT2D eigenvalue weighted by Gasteiger charge is 2.32. The van der Waals surface area contributed by atoms with Gasteiger partial charge in [0, 0.05) is 17.8 Å². The quantitative estimate of drug-likeness (QED) is 0.784. The van der Waals surface area contributed by atoms with Crippen LogP contribution >= 0.6 is 0 Å². The smallest absolute Gasteiger partial charge is 0.224 e. The van der Waals surface area contributed by atoms with E-state index in [1.54, 1.807) is 0 Å². The number of H-pyrrole nitrogens is 1. The molecule has 0 bridgehead atoms. The summed E-state index contributed by atoms with van der Waals surface area (Å²) in [5.41, 5.74) is 2.02. The molecule has 0 aromatic carbocycles. The molecule has 1 fully saturated rings. The minimum atomic E-state index is -0.728. The predicted molar refractivity (Wildman–Crippen MR) is 77.4 cm³/mol. The topological polar surface area (TPSA) is 78.0 Å². The van der Waals surface area contributed by atoms with Crippen molar-refractivity contribution in [3.8, 4) is 0 Å². The summed E-state index contributed by atoms with van der Waals surface area (Å²) in [5, 5.41) is 20.3. The van der Waals surface area contributed by atoms with Crippen LogP contribution in [-0.2, 0) is 11.2 Å². The van der Waals surface area contributed by atoms with Crippen LogP contribution in [0.15, 0.2) is 0 Å². The maximum Gasteiger partial charge on any atom is 0.224 e. The van der Waals surface area contributed by atoms with Crippen molar-refractivity contribution >= 4 is 5.91 Å². The molecule has 1 aromatic rings. The number of rotatable bonds is 4. The first-order valence-electron chi connectivity index (χ1n) is 7.39. The normalized spacial score (nSPS) is 26.5. The Kier molecular flexibility index (Phi) is 4.48. The molecular formula is C15H25N3O2. The van der Waals surface area contributed by atoms with Gasteiger partial charge in [0.15, 0.2) is 0 Å². The molecule has 1 saturated carbocycles. The zero-order chi connectivity index (χ0) is 14.8. The second kappa shape index (κ2) is 5.95. The first-order valence-corrected chi connectivity index (χ1v) is 7.39. The minimum absolute atomic E-state index is 0.0516. The van der Waals surface area contributed by atoms with Gasteiger partial charge in [0.25, 0.3) is 0 Å². The summed E-state index contributed by atoms with van der Waals surface area (Å²) in [6.45, 7) is 6.32. The van der Waals surface area contributed by atoms with Gasteiger partial charge in [0.1, 0.15) is 0 Å². The number of hydrogen-bond acceptors (Lipinski definition) is 3. The van der Waals surface area contributed by atoms with Crippen LogP contribution in [0.1, 0.15) is 49.6 Å². The molecular weight excluding hydrogens is 254 g/mol. The predicted octanol–water partition coefficient (Wildman–Crippen LogP) is 1.63. The van der Waals surface area contributed by atoms with Crippen LogP contribution in [-0.4, -0.2) is 33.4 Å². The van der Waals surface area contributed by atoms with Gasteiger partial charge in [-0.2, -0.15) is 5.10 Å². The van der Waals surface area contributed by atoms with Crippen molar-refractivity contribution in [1.82, 2.24) is 15.5 Å². The van der Waals surface area contributed by atoms with Crippen molar-refractivity contribution in [2.45, 2.75) is 58.5 Å². The van der Waals surface area contributed by atoms with E-state index in [1.807, 2.05) is 13.8 Å². The van der Waals surface area contributed by atoms with Gasteiger partial charge in [-0.25, -0.2) is 0 Å². The third-order valence-corrected chi connectivity index (χ3v) is 4.30. The van der Waals surface area contributed by atoms with Crippen LogP contribution in [0.5, 0.6) is 0 Å². The van der Waals surface area contributed by atoms with E-state index in [0.717, 1.165) is 36.2 Å². The second-order valence-electron chi connectivity index (χ2n) is 6.29. The molecule has 2 rings (SSSR count). The number of aromatic nitrogens is 2. The molecule has 0 aliphatic heterocycles. The van der Waals surface area contributed by atoms with Gasteiger partial charge in [0.2, 0.25) is 5.91 Å². The molecule has 0 radical (unpaired) electrons. The first kappa shape index (κ1) is 15.0. The van der Waals surface area contributed by atoms with E-state index in [1.165, 1.54) is 6.42 Å². The third-order valence-electron chi connectivity index (χ3n) is 4.30. The summed E-state index contributed by atoms with van der Waals surface area (Å²) in [7, 11) is 0. The molecule has 5 nitrogen and oxygen atoms in total. The van der Waals surface area contributed by atoms with Gasteiger partial charge in [-0.15, -0.1) is 0 Å². The number of carbonyl (C=O) groups is 1. The number of aromatic amines is 1. The van der Waals surface area contributed by atoms with Gasteiger partial charge in [-0.1, -0.05) is 19.8 Å². The van der Waals surface area contributed by atoms with Gasteiger partial charge in [-0.3, -0.25) is 9.89 Å². The van der Waals surface area contributed by atoms with E-state index in [4.69, 9.17) is 0 Å². The summed E-state index contributed by atoms with van der Waals surface area (Å²) in [6.07, 6.45) is 4.08. The van der Waals surface area contributed by atoms with Gasteiger partial charge < -0.3 is 10.4 Å².